The van der Waals surface area contributed by atoms with Gasteiger partial charge in [0.1, 0.15) is 19.3 Å². The zero-order valence-electron chi connectivity index (χ0n) is 32.9. The van der Waals surface area contributed by atoms with Crippen molar-refractivity contribution in [1.82, 2.24) is 0 Å². The Kier molecular flexibility index (Phi) is 29.4. The number of allylic oxidation sites excluding steroid dienone is 1. The molecule has 4 N–H and O–H groups in total. The van der Waals surface area contributed by atoms with Crippen LogP contribution in [0.4, 0.5) is 0 Å². The molecule has 8 heteroatoms. The molecule has 0 heterocycles. The lowest BCUT2D eigenvalue weighted by Gasteiger charge is -2.19. The average Bonchev–Trinajstić information content (AvgIpc) is 3.37. The van der Waals surface area contributed by atoms with Gasteiger partial charge in [0.05, 0.1) is 24.7 Å². The molecule has 0 aromatic carbocycles. The predicted molar refractivity (Wildman–Crippen MR) is 207 cm³/mol. The molecule has 6 atom stereocenters. The van der Waals surface area contributed by atoms with Gasteiger partial charge in [0.2, 0.25) is 0 Å². The highest BCUT2D eigenvalue weighted by atomic mass is 16.6. The standard InChI is InChI=1S/C43H78O8/c1-4-5-20-26-36(44)30-31-39-38(40(46)32-41(39)47)27-23-24-29-43(49)51-34-37(45)33-50-42(48)28-22-19-17-15-13-11-9-7-6-8-10-12-14-16-18-21-25-35(2)3/h23-24,30-31,35-41,44-47H,4-22,25-29,32-34H2,1-3H3/b24-23-,31-30+/t36-,37-,38+,39-,40+,41-/m1/s1. The van der Waals surface area contributed by atoms with Gasteiger partial charge in [0, 0.05) is 18.8 Å². The molecule has 0 aliphatic heterocycles. The van der Waals surface area contributed by atoms with E-state index in [2.05, 4.69) is 20.8 Å². The number of hydrogen-bond donors (Lipinski definition) is 4. The zero-order chi connectivity index (χ0) is 37.5. The predicted octanol–water partition coefficient (Wildman–Crippen LogP) is 9.30. The zero-order valence-corrected chi connectivity index (χ0v) is 32.9. The van der Waals surface area contributed by atoms with Crippen LogP contribution in [0.1, 0.15) is 181 Å². The summed E-state index contributed by atoms with van der Waals surface area (Å²) in [4.78, 5) is 24.2. The van der Waals surface area contributed by atoms with E-state index in [4.69, 9.17) is 9.47 Å². The molecule has 298 valence electrons. The van der Waals surface area contributed by atoms with Crippen LogP contribution >= 0.6 is 0 Å². The molecular weight excluding hydrogens is 644 g/mol. The van der Waals surface area contributed by atoms with Gasteiger partial charge in [-0.2, -0.15) is 0 Å². The largest absolute Gasteiger partial charge is 0.463 e. The Morgan fingerprint density at radius 1 is 0.667 bits per heavy atom. The van der Waals surface area contributed by atoms with Gasteiger partial charge in [-0.15, -0.1) is 0 Å². The Bertz CT molecular complexity index is 902. The fourth-order valence-electron chi connectivity index (χ4n) is 6.95. The third kappa shape index (κ3) is 26.6. The minimum absolute atomic E-state index is 0.00741. The molecule has 51 heavy (non-hydrogen) atoms. The quantitative estimate of drug-likeness (QED) is 0.0299. The third-order valence-electron chi connectivity index (χ3n) is 10.2. The fourth-order valence-corrected chi connectivity index (χ4v) is 6.95. The number of carbonyl (C=O) groups excluding carboxylic acids is 2. The lowest BCUT2D eigenvalue weighted by atomic mass is 9.89. The molecule has 0 spiro atoms. The number of carbonyl (C=O) groups is 2. The van der Waals surface area contributed by atoms with Crippen LogP contribution in [0.2, 0.25) is 0 Å². The van der Waals surface area contributed by atoms with E-state index in [1.807, 2.05) is 6.08 Å². The van der Waals surface area contributed by atoms with E-state index in [1.54, 1.807) is 18.2 Å². The van der Waals surface area contributed by atoms with Crippen molar-refractivity contribution in [2.24, 2.45) is 17.8 Å². The first-order valence-electron chi connectivity index (χ1n) is 21.0. The maximum atomic E-state index is 12.1. The highest BCUT2D eigenvalue weighted by Gasteiger charge is 2.39. The van der Waals surface area contributed by atoms with E-state index >= 15 is 0 Å². The van der Waals surface area contributed by atoms with Gasteiger partial charge >= 0.3 is 11.9 Å². The lowest BCUT2D eigenvalue weighted by molar-refractivity contribution is -0.151. The van der Waals surface area contributed by atoms with Gasteiger partial charge in [0.15, 0.2) is 0 Å². The third-order valence-corrected chi connectivity index (χ3v) is 10.2. The van der Waals surface area contributed by atoms with E-state index in [1.165, 1.54) is 89.9 Å². The number of esters is 2. The van der Waals surface area contributed by atoms with Gasteiger partial charge in [0.25, 0.3) is 0 Å². The molecule has 0 aromatic heterocycles. The Morgan fingerprint density at radius 3 is 1.73 bits per heavy atom. The van der Waals surface area contributed by atoms with Crippen molar-refractivity contribution in [3.8, 4) is 0 Å². The summed E-state index contributed by atoms with van der Waals surface area (Å²) >= 11 is 0. The van der Waals surface area contributed by atoms with Crippen LogP contribution in [0.15, 0.2) is 24.3 Å². The van der Waals surface area contributed by atoms with E-state index in [0.717, 1.165) is 44.4 Å². The number of ether oxygens (including phenoxy) is 2. The van der Waals surface area contributed by atoms with Crippen molar-refractivity contribution in [2.45, 2.75) is 206 Å². The van der Waals surface area contributed by atoms with Crippen LogP contribution in [0.3, 0.4) is 0 Å². The van der Waals surface area contributed by atoms with Gasteiger partial charge in [-0.25, -0.2) is 0 Å². The van der Waals surface area contributed by atoms with Crippen LogP contribution < -0.4 is 0 Å². The first-order chi connectivity index (χ1) is 24.6. The van der Waals surface area contributed by atoms with Crippen LogP contribution in [-0.2, 0) is 19.1 Å². The van der Waals surface area contributed by atoms with Crippen LogP contribution in [-0.4, -0.2) is 70.0 Å². The molecule has 0 unspecified atom stereocenters. The maximum absolute atomic E-state index is 12.1. The van der Waals surface area contributed by atoms with Crippen molar-refractivity contribution < 1.29 is 39.5 Å². The summed E-state index contributed by atoms with van der Waals surface area (Å²) in [6, 6.07) is 0. The molecule has 1 rings (SSSR count). The normalized spacial score (nSPS) is 20.5. The van der Waals surface area contributed by atoms with E-state index in [-0.39, 0.29) is 43.9 Å². The van der Waals surface area contributed by atoms with Crippen LogP contribution in [0.25, 0.3) is 0 Å². The highest BCUT2D eigenvalue weighted by molar-refractivity contribution is 5.71. The Balaban J connectivity index is 2.01. The van der Waals surface area contributed by atoms with Crippen molar-refractivity contribution in [3.63, 3.8) is 0 Å². The minimum atomic E-state index is -1.08. The van der Waals surface area contributed by atoms with Crippen LogP contribution in [0.5, 0.6) is 0 Å². The maximum Gasteiger partial charge on any atom is 0.309 e. The summed E-state index contributed by atoms with van der Waals surface area (Å²) in [6.45, 7) is 6.28. The molecule has 1 aliphatic rings. The number of hydrogen-bond acceptors (Lipinski definition) is 8. The second-order valence-electron chi connectivity index (χ2n) is 15.6. The first kappa shape index (κ1) is 47.3. The fraction of sp³-hybridized carbons (Fsp3) is 0.860. The molecule has 0 saturated heterocycles. The molecule has 0 bridgehead atoms. The Labute approximate surface area is 311 Å². The topological polar surface area (TPSA) is 134 Å². The SMILES string of the molecule is CCCCC[C@@H](O)/C=C/[C@@H]1[C@H](C/C=C\CC(=O)OC[C@H](O)COC(=O)CCCCCCCCCCCCCCCCCCC(C)C)[C@@H](O)C[C@H]1O. The molecule has 1 aliphatic carbocycles. The monoisotopic (exact) mass is 723 g/mol. The summed E-state index contributed by atoms with van der Waals surface area (Å²) in [6.07, 6.45) is 30.8. The van der Waals surface area contributed by atoms with Gasteiger partial charge in [-0.05, 0) is 31.1 Å². The van der Waals surface area contributed by atoms with E-state index in [9.17, 15) is 30.0 Å². The van der Waals surface area contributed by atoms with Crippen molar-refractivity contribution >= 4 is 11.9 Å². The highest BCUT2D eigenvalue weighted by Crippen LogP contribution is 2.36. The van der Waals surface area contributed by atoms with Crippen molar-refractivity contribution in [1.29, 1.82) is 0 Å². The molecule has 1 fully saturated rings. The van der Waals surface area contributed by atoms with Crippen LogP contribution in [0, 0.1) is 17.8 Å². The van der Waals surface area contributed by atoms with Gasteiger partial charge in [-0.3, -0.25) is 9.59 Å². The Hall–Kier alpha value is -1.74. The molecule has 0 radical (unpaired) electrons. The smallest absolute Gasteiger partial charge is 0.309 e. The second-order valence-corrected chi connectivity index (χ2v) is 15.6. The molecule has 8 nitrogen and oxygen atoms in total. The molecule has 0 amide bonds. The second kappa shape index (κ2) is 31.8. The Morgan fingerprint density at radius 2 is 1.18 bits per heavy atom. The summed E-state index contributed by atoms with van der Waals surface area (Å²) in [5.41, 5.74) is 0. The first-order valence-corrected chi connectivity index (χ1v) is 21.0. The average molecular weight is 723 g/mol. The number of aliphatic hydroxyl groups is 4. The van der Waals surface area contributed by atoms with Crippen molar-refractivity contribution in [2.75, 3.05) is 13.2 Å². The van der Waals surface area contributed by atoms with Gasteiger partial charge < -0.3 is 29.9 Å². The minimum Gasteiger partial charge on any atom is -0.463 e. The number of aliphatic hydroxyl groups excluding tert-OH is 4. The summed E-state index contributed by atoms with van der Waals surface area (Å²) < 4.78 is 10.3. The van der Waals surface area contributed by atoms with Crippen molar-refractivity contribution in [3.05, 3.63) is 24.3 Å². The van der Waals surface area contributed by atoms with E-state index in [0.29, 0.717) is 19.3 Å². The van der Waals surface area contributed by atoms with Gasteiger partial charge in [-0.1, -0.05) is 167 Å². The molecule has 1 saturated carbocycles. The molecular formula is C43H78O8. The van der Waals surface area contributed by atoms with E-state index < -0.39 is 30.4 Å². The summed E-state index contributed by atoms with van der Waals surface area (Å²) in [5.74, 6) is -0.477. The summed E-state index contributed by atoms with van der Waals surface area (Å²) in [5, 5.41) is 41.1. The summed E-state index contributed by atoms with van der Waals surface area (Å²) in [7, 11) is 0. The number of unbranched alkanes of at least 4 members (excludes halogenated alkanes) is 17. The molecule has 0 aromatic rings. The lowest BCUT2D eigenvalue weighted by Crippen LogP contribution is -2.25. The number of rotatable bonds is 33.